The van der Waals surface area contributed by atoms with Crippen LogP contribution in [-0.4, -0.2) is 83.9 Å². The van der Waals surface area contributed by atoms with Crippen LogP contribution in [0.2, 0.25) is 5.02 Å². The summed E-state index contributed by atoms with van der Waals surface area (Å²) in [4.78, 5) is 63.6. The molecule has 0 radical (unpaired) electrons. The Hall–Kier alpha value is -5.66. The maximum absolute atomic E-state index is 13.1. The molecule has 268 valence electrons. The number of Topliss-reactive ketones (excluding diaryl/α,β-unsaturated/α-hetero) is 2. The van der Waals surface area contributed by atoms with E-state index >= 15 is 0 Å². The Kier molecular flexibility index (Phi) is 10.8. The van der Waals surface area contributed by atoms with E-state index in [2.05, 4.69) is 46.1 Å². The van der Waals surface area contributed by atoms with Crippen LogP contribution in [0.4, 0.5) is 55.2 Å². The largest absolute Gasteiger partial charge is 0.458 e. The van der Waals surface area contributed by atoms with Crippen LogP contribution in [0.25, 0.3) is 0 Å². The van der Waals surface area contributed by atoms with Gasteiger partial charge in [-0.2, -0.15) is 36.4 Å². The smallest absolute Gasteiger partial charge is 0.339 e. The number of amides is 2. The summed E-state index contributed by atoms with van der Waals surface area (Å²) in [7, 11) is 0. The molecule has 0 unspecified atom stereocenters. The van der Waals surface area contributed by atoms with E-state index in [0.29, 0.717) is 42.7 Å². The number of ketones is 2. The Balaban J connectivity index is 0.000000362. The summed E-state index contributed by atoms with van der Waals surface area (Å²) in [6.07, 6.45) is -2.70. The van der Waals surface area contributed by atoms with Crippen molar-refractivity contribution in [3.63, 3.8) is 0 Å². The molecule has 2 amide bonds. The fourth-order valence-electron chi connectivity index (χ4n) is 5.12. The van der Waals surface area contributed by atoms with Gasteiger partial charge < -0.3 is 20.9 Å². The molecule has 21 heteroatoms. The zero-order valence-electron chi connectivity index (χ0n) is 25.9. The minimum absolute atomic E-state index is 0.0679. The molecule has 0 spiro atoms. The topological polar surface area (TPSA) is 188 Å². The number of pyridine rings is 1. The number of fused-ring (bicyclic) bond motifs is 6. The molecule has 4 aromatic rings. The van der Waals surface area contributed by atoms with Crippen LogP contribution in [0.5, 0.6) is 0 Å². The van der Waals surface area contributed by atoms with Crippen molar-refractivity contribution in [2.45, 2.75) is 38.0 Å². The molecule has 1 fully saturated rings. The van der Waals surface area contributed by atoms with E-state index in [1.54, 1.807) is 11.1 Å². The number of nitrogens with zero attached hydrogens (tertiary/aromatic N) is 6. The molecular formula is C30H25ClF6N10O4. The van der Waals surface area contributed by atoms with Crippen LogP contribution in [0, 0.1) is 5.92 Å². The maximum atomic E-state index is 13.1. The van der Waals surface area contributed by atoms with E-state index in [-0.39, 0.29) is 23.6 Å². The van der Waals surface area contributed by atoms with Gasteiger partial charge in [0.25, 0.3) is 5.91 Å². The predicted molar refractivity (Wildman–Crippen MR) is 167 cm³/mol. The number of rotatable bonds is 5. The summed E-state index contributed by atoms with van der Waals surface area (Å²) >= 11 is 6.36. The van der Waals surface area contributed by atoms with Gasteiger partial charge in [0.1, 0.15) is 11.3 Å². The number of aromatic nitrogens is 6. The number of H-pyrrole nitrogens is 1. The van der Waals surface area contributed by atoms with Crippen molar-refractivity contribution in [3.05, 3.63) is 71.2 Å². The Bertz CT molecular complexity index is 1920. The van der Waals surface area contributed by atoms with Crippen molar-refractivity contribution in [1.82, 2.24) is 35.0 Å². The molecule has 5 heterocycles. The molecular weight excluding hydrogens is 714 g/mol. The molecule has 0 saturated carbocycles. The number of alkyl halides is 6. The zero-order valence-corrected chi connectivity index (χ0v) is 26.7. The van der Waals surface area contributed by atoms with Crippen LogP contribution < -0.4 is 16.0 Å². The molecule has 1 atom stereocenters. The van der Waals surface area contributed by atoms with Gasteiger partial charge in [-0.1, -0.05) is 11.6 Å². The van der Waals surface area contributed by atoms with Gasteiger partial charge in [0, 0.05) is 37.1 Å². The van der Waals surface area contributed by atoms with Gasteiger partial charge in [0.05, 0.1) is 18.1 Å². The molecule has 2 aliphatic heterocycles. The van der Waals surface area contributed by atoms with Gasteiger partial charge in [-0.15, -0.1) is 0 Å². The summed E-state index contributed by atoms with van der Waals surface area (Å²) in [6.45, 7) is 1.08. The minimum atomic E-state index is -5.77. The molecule has 4 N–H and O–H groups in total. The van der Waals surface area contributed by atoms with E-state index in [4.69, 9.17) is 11.6 Å². The highest BCUT2D eigenvalue weighted by atomic mass is 35.5. The minimum Gasteiger partial charge on any atom is -0.339 e. The predicted octanol–water partition coefficient (Wildman–Crippen LogP) is 4.97. The average molecular weight is 739 g/mol. The van der Waals surface area contributed by atoms with E-state index in [0.717, 1.165) is 41.0 Å². The monoisotopic (exact) mass is 738 g/mol. The lowest BCUT2D eigenvalue weighted by molar-refractivity contribution is -0.193. The quantitative estimate of drug-likeness (QED) is 0.160. The molecule has 0 aliphatic carbocycles. The first kappa shape index (κ1) is 36.6. The number of hydrogen-bond acceptors (Lipinski definition) is 11. The number of aryl methyl sites for hydroxylation is 2. The molecule has 1 saturated heterocycles. The van der Waals surface area contributed by atoms with Gasteiger partial charge in [-0.25, -0.2) is 9.97 Å². The third-order valence-corrected chi connectivity index (χ3v) is 7.78. The normalized spacial score (nSPS) is 15.4. The number of benzene rings is 1. The van der Waals surface area contributed by atoms with Gasteiger partial charge >= 0.3 is 23.9 Å². The van der Waals surface area contributed by atoms with Crippen LogP contribution in [0.1, 0.15) is 34.6 Å². The number of aromatic amines is 1. The lowest BCUT2D eigenvalue weighted by Gasteiger charge is -2.16. The van der Waals surface area contributed by atoms with Crippen LogP contribution in [0.15, 0.2) is 49.2 Å². The number of carbonyl (C=O) groups is 4. The molecule has 6 bridgehead atoms. The third kappa shape index (κ3) is 9.53. The van der Waals surface area contributed by atoms with E-state index in [1.807, 2.05) is 30.5 Å². The molecule has 14 nitrogen and oxygen atoms in total. The van der Waals surface area contributed by atoms with Crippen molar-refractivity contribution >= 4 is 63.8 Å². The van der Waals surface area contributed by atoms with Crippen molar-refractivity contribution < 1.29 is 45.5 Å². The molecule has 6 rings (SSSR count). The highest BCUT2D eigenvalue weighted by molar-refractivity contribution is 6.41. The molecule has 51 heavy (non-hydrogen) atoms. The highest BCUT2D eigenvalue weighted by Gasteiger charge is 2.54. The first-order chi connectivity index (χ1) is 24.1. The SMILES string of the molecule is O=C(C(=O)C(F)(F)F)C(F)(F)F.O=C(C[C@@H]1CCN(C(=O)c2ncn[nH]2)C1)Nc1ccc2cc1CCc1cncc(c1)Nc1ncc(Cl)c(n1)N2. The van der Waals surface area contributed by atoms with Crippen molar-refractivity contribution in [2.24, 2.45) is 5.92 Å². The van der Waals surface area contributed by atoms with Crippen LogP contribution >= 0.6 is 11.6 Å². The lowest BCUT2D eigenvalue weighted by atomic mass is 10.0. The molecule has 2 aliphatic rings. The Morgan fingerprint density at radius 2 is 1.67 bits per heavy atom. The first-order valence-electron chi connectivity index (χ1n) is 14.9. The fraction of sp³-hybridized carbons (Fsp3) is 0.300. The summed E-state index contributed by atoms with van der Waals surface area (Å²) < 4.78 is 67.0. The second-order valence-corrected chi connectivity index (χ2v) is 11.6. The Morgan fingerprint density at radius 3 is 2.35 bits per heavy atom. The number of hydrogen-bond donors (Lipinski definition) is 4. The van der Waals surface area contributed by atoms with E-state index in [1.165, 1.54) is 12.5 Å². The highest BCUT2D eigenvalue weighted by Crippen LogP contribution is 2.30. The number of halogens is 7. The number of nitrogens with one attached hydrogen (secondary N) is 4. The number of carbonyl (C=O) groups excluding carboxylic acids is 4. The van der Waals surface area contributed by atoms with Crippen molar-refractivity contribution in [2.75, 3.05) is 29.0 Å². The maximum Gasteiger partial charge on any atom is 0.458 e. The molecule has 3 aromatic heterocycles. The second-order valence-electron chi connectivity index (χ2n) is 11.2. The Labute approximate surface area is 288 Å². The van der Waals surface area contributed by atoms with E-state index < -0.39 is 23.9 Å². The average Bonchev–Trinajstić information content (AvgIpc) is 3.78. The second kappa shape index (κ2) is 15.1. The van der Waals surface area contributed by atoms with Crippen LogP contribution in [-0.2, 0) is 27.2 Å². The summed E-state index contributed by atoms with van der Waals surface area (Å²) in [6, 6.07) is 7.75. The first-order valence-corrected chi connectivity index (χ1v) is 15.2. The summed E-state index contributed by atoms with van der Waals surface area (Å²) in [5.74, 6) is -5.96. The van der Waals surface area contributed by atoms with Crippen LogP contribution in [0.3, 0.4) is 0 Å². The van der Waals surface area contributed by atoms with Gasteiger partial charge in [0.2, 0.25) is 17.7 Å². The fourth-order valence-corrected chi connectivity index (χ4v) is 5.25. The third-order valence-electron chi connectivity index (χ3n) is 7.51. The standard InChI is InChI=1S/C26H25ClN10O2.C4F6O2/c27-20-12-29-26-33-19-7-15(10-28-11-19)1-2-17-9-18(32-23(20)35-26)3-4-21(17)34-22(38)8-16-5-6-37(13-16)25(39)24-30-14-31-36-24;5-3(6,7)1(11)2(12)4(8,9)10/h3-4,7,9-12,14,16H,1-2,5-6,8,13H2,(H,34,38)(H,30,31,36)(H2,29,32,33,35);/t16-;/m0./s1. The summed E-state index contributed by atoms with van der Waals surface area (Å²) in [5, 5.41) is 16.3. The summed E-state index contributed by atoms with van der Waals surface area (Å²) in [5.41, 5.74) is 4.30. The number of anilines is 5. The van der Waals surface area contributed by atoms with Gasteiger partial charge in [-0.3, -0.25) is 29.3 Å². The van der Waals surface area contributed by atoms with Gasteiger partial charge in [-0.05, 0) is 60.6 Å². The van der Waals surface area contributed by atoms with Crippen molar-refractivity contribution in [1.29, 1.82) is 0 Å². The zero-order chi connectivity index (χ0) is 36.9. The van der Waals surface area contributed by atoms with Crippen molar-refractivity contribution in [3.8, 4) is 0 Å². The molecule has 1 aromatic carbocycles. The number of likely N-dealkylation sites (tertiary alicyclic amines) is 1. The van der Waals surface area contributed by atoms with Gasteiger partial charge in [0.15, 0.2) is 5.82 Å². The van der Waals surface area contributed by atoms with E-state index in [9.17, 15) is 45.5 Å². The lowest BCUT2D eigenvalue weighted by Crippen LogP contribution is -2.39. The Morgan fingerprint density at radius 1 is 0.922 bits per heavy atom.